The van der Waals surface area contributed by atoms with Gasteiger partial charge in [-0.05, 0) is 44.0 Å². The Morgan fingerprint density at radius 1 is 1.39 bits per heavy atom. The molecule has 0 saturated heterocycles. The predicted octanol–water partition coefficient (Wildman–Crippen LogP) is 3.09. The fourth-order valence-electron chi connectivity index (χ4n) is 2.17. The SMILES string of the molecule is Cc1ccsc1C(CN)N(C)Cc1ccoc1C. The number of furan rings is 1. The van der Waals surface area contributed by atoms with Crippen molar-refractivity contribution in [1.82, 2.24) is 4.90 Å². The molecule has 0 radical (unpaired) electrons. The Kier molecular flexibility index (Phi) is 4.22. The molecule has 2 aromatic rings. The number of likely N-dealkylation sites (N-methyl/N-ethyl adjacent to an activating group) is 1. The molecule has 2 aromatic heterocycles. The Balaban J connectivity index is 2.14. The van der Waals surface area contributed by atoms with Gasteiger partial charge in [0.25, 0.3) is 0 Å². The van der Waals surface area contributed by atoms with Crippen molar-refractivity contribution in [2.24, 2.45) is 5.73 Å². The van der Waals surface area contributed by atoms with Gasteiger partial charge in [-0.25, -0.2) is 0 Å². The van der Waals surface area contributed by atoms with E-state index in [-0.39, 0.29) is 6.04 Å². The maximum Gasteiger partial charge on any atom is 0.105 e. The molecule has 0 bridgehead atoms. The predicted molar refractivity (Wildman–Crippen MR) is 75.8 cm³/mol. The smallest absolute Gasteiger partial charge is 0.105 e. The van der Waals surface area contributed by atoms with Gasteiger partial charge in [0.1, 0.15) is 5.76 Å². The van der Waals surface area contributed by atoms with Gasteiger partial charge in [0.05, 0.1) is 12.3 Å². The number of aryl methyl sites for hydroxylation is 2. The van der Waals surface area contributed by atoms with Crippen LogP contribution in [0.5, 0.6) is 0 Å². The number of thiophene rings is 1. The first-order valence-corrected chi connectivity index (χ1v) is 6.98. The van der Waals surface area contributed by atoms with E-state index >= 15 is 0 Å². The van der Waals surface area contributed by atoms with Gasteiger partial charge in [0, 0.05) is 23.5 Å². The molecule has 98 valence electrons. The minimum absolute atomic E-state index is 0.277. The molecule has 0 aliphatic carbocycles. The summed E-state index contributed by atoms with van der Waals surface area (Å²) in [5, 5.41) is 2.13. The van der Waals surface area contributed by atoms with Gasteiger partial charge < -0.3 is 10.2 Å². The van der Waals surface area contributed by atoms with Crippen molar-refractivity contribution in [2.45, 2.75) is 26.4 Å². The maximum atomic E-state index is 5.94. The van der Waals surface area contributed by atoms with E-state index in [4.69, 9.17) is 10.2 Å². The summed E-state index contributed by atoms with van der Waals surface area (Å²) < 4.78 is 5.34. The van der Waals surface area contributed by atoms with Crippen molar-refractivity contribution < 1.29 is 4.42 Å². The summed E-state index contributed by atoms with van der Waals surface area (Å²) in [5.74, 6) is 0.987. The van der Waals surface area contributed by atoms with Crippen molar-refractivity contribution in [3.05, 3.63) is 45.5 Å². The molecule has 18 heavy (non-hydrogen) atoms. The summed E-state index contributed by atoms with van der Waals surface area (Å²) in [6.45, 7) is 5.64. The monoisotopic (exact) mass is 264 g/mol. The highest BCUT2D eigenvalue weighted by atomic mass is 32.1. The van der Waals surface area contributed by atoms with Crippen LogP contribution in [0, 0.1) is 13.8 Å². The number of hydrogen-bond donors (Lipinski definition) is 1. The standard InChI is InChI=1S/C14H20N2OS/c1-10-5-7-18-14(10)13(8-15)16(3)9-12-4-6-17-11(12)2/h4-7,13H,8-9,15H2,1-3H3. The second kappa shape index (κ2) is 5.69. The van der Waals surface area contributed by atoms with E-state index in [2.05, 4.69) is 30.3 Å². The molecule has 4 heteroatoms. The number of rotatable bonds is 5. The molecule has 0 aromatic carbocycles. The third-order valence-corrected chi connectivity index (χ3v) is 4.47. The topological polar surface area (TPSA) is 42.4 Å². The zero-order chi connectivity index (χ0) is 13.1. The van der Waals surface area contributed by atoms with Gasteiger partial charge in [0.15, 0.2) is 0 Å². The minimum Gasteiger partial charge on any atom is -0.469 e. The Morgan fingerprint density at radius 2 is 2.17 bits per heavy atom. The Labute approximate surface area is 112 Å². The molecule has 2 rings (SSSR count). The molecule has 3 nitrogen and oxygen atoms in total. The fraction of sp³-hybridized carbons (Fsp3) is 0.429. The lowest BCUT2D eigenvalue weighted by atomic mass is 10.1. The highest BCUT2D eigenvalue weighted by Gasteiger charge is 2.19. The first-order valence-electron chi connectivity index (χ1n) is 6.10. The number of nitrogens with two attached hydrogens (primary N) is 1. The van der Waals surface area contributed by atoms with Crippen LogP contribution in [0.2, 0.25) is 0 Å². The van der Waals surface area contributed by atoms with Crippen molar-refractivity contribution in [2.75, 3.05) is 13.6 Å². The van der Waals surface area contributed by atoms with Gasteiger partial charge in [0.2, 0.25) is 0 Å². The Hall–Kier alpha value is -1.10. The first kappa shape index (κ1) is 13.3. The van der Waals surface area contributed by atoms with E-state index in [9.17, 15) is 0 Å². The van der Waals surface area contributed by atoms with Crippen LogP contribution in [-0.2, 0) is 6.54 Å². The molecular weight excluding hydrogens is 244 g/mol. The minimum atomic E-state index is 0.277. The van der Waals surface area contributed by atoms with E-state index in [1.807, 2.05) is 13.0 Å². The van der Waals surface area contributed by atoms with Crippen LogP contribution in [0.15, 0.2) is 28.2 Å². The summed E-state index contributed by atoms with van der Waals surface area (Å²) in [6.07, 6.45) is 1.74. The average molecular weight is 264 g/mol. The third-order valence-electron chi connectivity index (χ3n) is 3.35. The highest BCUT2D eigenvalue weighted by Crippen LogP contribution is 2.28. The molecule has 2 heterocycles. The van der Waals surface area contributed by atoms with E-state index in [1.54, 1.807) is 17.6 Å². The molecule has 0 saturated carbocycles. The lowest BCUT2D eigenvalue weighted by molar-refractivity contribution is 0.243. The van der Waals surface area contributed by atoms with Crippen LogP contribution in [-0.4, -0.2) is 18.5 Å². The maximum absolute atomic E-state index is 5.94. The summed E-state index contributed by atoms with van der Waals surface area (Å²) >= 11 is 1.78. The molecule has 0 fully saturated rings. The van der Waals surface area contributed by atoms with E-state index in [0.29, 0.717) is 6.54 Å². The van der Waals surface area contributed by atoms with E-state index < -0.39 is 0 Å². The van der Waals surface area contributed by atoms with Gasteiger partial charge >= 0.3 is 0 Å². The van der Waals surface area contributed by atoms with Crippen LogP contribution in [0.25, 0.3) is 0 Å². The van der Waals surface area contributed by atoms with Crippen LogP contribution in [0.3, 0.4) is 0 Å². The second-order valence-electron chi connectivity index (χ2n) is 4.64. The van der Waals surface area contributed by atoms with Crippen LogP contribution >= 0.6 is 11.3 Å². The molecule has 0 aliphatic heterocycles. The first-order chi connectivity index (χ1) is 8.63. The average Bonchev–Trinajstić information content (AvgIpc) is 2.91. The molecule has 1 unspecified atom stereocenters. The van der Waals surface area contributed by atoms with E-state index in [1.165, 1.54) is 16.0 Å². The Bertz CT molecular complexity index is 503. The van der Waals surface area contributed by atoms with Crippen molar-refractivity contribution in [3.63, 3.8) is 0 Å². The molecule has 0 amide bonds. The summed E-state index contributed by atoms with van der Waals surface area (Å²) in [6, 6.07) is 4.46. The van der Waals surface area contributed by atoms with Gasteiger partial charge in [-0.3, -0.25) is 4.90 Å². The molecule has 0 spiro atoms. The van der Waals surface area contributed by atoms with Gasteiger partial charge in [-0.15, -0.1) is 11.3 Å². The normalized spacial score (nSPS) is 13.2. The molecular formula is C14H20N2OS. The largest absolute Gasteiger partial charge is 0.469 e. The van der Waals surface area contributed by atoms with Gasteiger partial charge in [-0.2, -0.15) is 0 Å². The highest BCUT2D eigenvalue weighted by molar-refractivity contribution is 7.10. The second-order valence-corrected chi connectivity index (χ2v) is 5.58. The zero-order valence-corrected chi connectivity index (χ0v) is 12.0. The van der Waals surface area contributed by atoms with Crippen molar-refractivity contribution in [1.29, 1.82) is 0 Å². The molecule has 2 N–H and O–H groups in total. The quantitative estimate of drug-likeness (QED) is 0.902. The zero-order valence-electron chi connectivity index (χ0n) is 11.1. The van der Waals surface area contributed by atoms with Crippen LogP contribution in [0.1, 0.15) is 27.8 Å². The summed E-state index contributed by atoms with van der Waals surface area (Å²) in [4.78, 5) is 3.65. The Morgan fingerprint density at radius 3 is 2.67 bits per heavy atom. The number of nitrogens with zero attached hydrogens (tertiary/aromatic N) is 1. The lowest BCUT2D eigenvalue weighted by Crippen LogP contribution is -2.30. The number of hydrogen-bond acceptors (Lipinski definition) is 4. The third kappa shape index (κ3) is 2.66. The van der Waals surface area contributed by atoms with Crippen molar-refractivity contribution >= 4 is 11.3 Å². The molecule has 0 aliphatic rings. The lowest BCUT2D eigenvalue weighted by Gasteiger charge is -2.26. The summed E-state index contributed by atoms with van der Waals surface area (Å²) in [7, 11) is 2.11. The van der Waals surface area contributed by atoms with Gasteiger partial charge in [-0.1, -0.05) is 0 Å². The fourth-order valence-corrected chi connectivity index (χ4v) is 3.27. The van der Waals surface area contributed by atoms with Crippen LogP contribution in [0.4, 0.5) is 0 Å². The summed E-state index contributed by atoms with van der Waals surface area (Å²) in [5.41, 5.74) is 8.49. The van der Waals surface area contributed by atoms with Crippen LogP contribution < -0.4 is 5.73 Å². The van der Waals surface area contributed by atoms with E-state index in [0.717, 1.165) is 12.3 Å². The van der Waals surface area contributed by atoms with Crippen molar-refractivity contribution in [3.8, 4) is 0 Å². The molecule has 1 atom stereocenters.